The van der Waals surface area contributed by atoms with E-state index in [1.165, 1.54) is 6.08 Å². The molecular formula is C6H8O4. The van der Waals surface area contributed by atoms with Gasteiger partial charge in [0.2, 0.25) is 5.76 Å². The third kappa shape index (κ3) is 1.27. The molecule has 1 aliphatic rings. The first-order valence-corrected chi connectivity index (χ1v) is 2.96. The van der Waals surface area contributed by atoms with Crippen molar-refractivity contribution in [2.45, 2.75) is 12.5 Å². The molecule has 10 heavy (non-hydrogen) atoms. The number of cyclic esters (lactones) is 1. The second-order valence-electron chi connectivity index (χ2n) is 2.01. The van der Waals surface area contributed by atoms with Crippen molar-refractivity contribution < 1.29 is 19.7 Å². The second kappa shape index (κ2) is 2.70. The molecule has 0 aromatic heterocycles. The Morgan fingerprint density at radius 3 is 2.80 bits per heavy atom. The molecule has 1 rings (SSSR count). The van der Waals surface area contributed by atoms with Gasteiger partial charge in [0.15, 0.2) is 0 Å². The predicted octanol–water partition coefficient (Wildman–Crippen LogP) is -0.264. The summed E-state index contributed by atoms with van der Waals surface area (Å²) < 4.78 is 4.57. The zero-order valence-electron chi connectivity index (χ0n) is 5.28. The summed E-state index contributed by atoms with van der Waals surface area (Å²) in [6, 6.07) is 0. The highest BCUT2D eigenvalue weighted by atomic mass is 16.6. The molecule has 1 heterocycles. The summed E-state index contributed by atoms with van der Waals surface area (Å²) in [6.07, 6.45) is 1.19. The molecule has 0 spiro atoms. The lowest BCUT2D eigenvalue weighted by atomic mass is 10.2. The zero-order chi connectivity index (χ0) is 7.56. The Balaban J connectivity index is 2.48. The quantitative estimate of drug-likeness (QED) is 0.524. The normalized spacial score (nSPS) is 24.3. The summed E-state index contributed by atoms with van der Waals surface area (Å²) in [4.78, 5) is 10.4. The van der Waals surface area contributed by atoms with E-state index in [4.69, 9.17) is 10.2 Å². The van der Waals surface area contributed by atoms with Crippen LogP contribution in [0.2, 0.25) is 0 Å². The summed E-state index contributed by atoms with van der Waals surface area (Å²) in [7, 11) is 0. The first-order chi connectivity index (χ1) is 4.74. The molecule has 0 saturated heterocycles. The van der Waals surface area contributed by atoms with Gasteiger partial charge in [0.1, 0.15) is 6.10 Å². The number of hydrogen-bond acceptors (Lipinski definition) is 4. The third-order valence-corrected chi connectivity index (χ3v) is 1.22. The highest BCUT2D eigenvalue weighted by Gasteiger charge is 2.23. The van der Waals surface area contributed by atoms with Gasteiger partial charge in [0.25, 0.3) is 0 Å². The summed E-state index contributed by atoms with van der Waals surface area (Å²) in [5.41, 5.74) is 0. The van der Waals surface area contributed by atoms with Crippen molar-refractivity contribution >= 4 is 5.97 Å². The van der Waals surface area contributed by atoms with Crippen LogP contribution in [0.1, 0.15) is 6.42 Å². The number of hydrogen-bond donors (Lipinski definition) is 2. The Morgan fingerprint density at radius 2 is 2.40 bits per heavy atom. The Bertz CT molecular complexity index is 173. The maximum atomic E-state index is 10.4. The van der Waals surface area contributed by atoms with Crippen molar-refractivity contribution in [3.8, 4) is 0 Å². The van der Waals surface area contributed by atoms with Crippen LogP contribution >= 0.6 is 0 Å². The summed E-state index contributed by atoms with van der Waals surface area (Å²) in [5.74, 6) is -1.07. The van der Waals surface area contributed by atoms with Gasteiger partial charge in [-0.05, 0) is 0 Å². The average molecular weight is 144 g/mol. The van der Waals surface area contributed by atoms with Gasteiger partial charge in [-0.3, -0.25) is 0 Å². The summed E-state index contributed by atoms with van der Waals surface area (Å²) in [5, 5.41) is 17.1. The SMILES string of the molecule is O=C1OC(CCO)C=C1O. The van der Waals surface area contributed by atoms with E-state index in [1.807, 2.05) is 0 Å². The van der Waals surface area contributed by atoms with E-state index in [0.717, 1.165) is 0 Å². The Morgan fingerprint density at radius 1 is 1.70 bits per heavy atom. The second-order valence-corrected chi connectivity index (χ2v) is 2.01. The zero-order valence-corrected chi connectivity index (χ0v) is 5.28. The Labute approximate surface area is 57.7 Å². The fourth-order valence-electron chi connectivity index (χ4n) is 0.745. The number of aliphatic hydroxyl groups is 2. The van der Waals surface area contributed by atoms with E-state index in [9.17, 15) is 4.79 Å². The van der Waals surface area contributed by atoms with Crippen LogP contribution in [0, 0.1) is 0 Å². The lowest BCUT2D eigenvalue weighted by Gasteiger charge is -2.02. The molecule has 1 unspecified atom stereocenters. The molecule has 56 valence electrons. The van der Waals surface area contributed by atoms with Crippen LogP contribution in [0.5, 0.6) is 0 Å². The number of carbonyl (C=O) groups is 1. The minimum absolute atomic E-state index is 0.0538. The van der Waals surface area contributed by atoms with Crippen LogP contribution in [0.3, 0.4) is 0 Å². The first kappa shape index (κ1) is 7.08. The highest BCUT2D eigenvalue weighted by Crippen LogP contribution is 2.12. The van der Waals surface area contributed by atoms with Crippen molar-refractivity contribution in [2.75, 3.05) is 6.61 Å². The maximum absolute atomic E-state index is 10.4. The Hall–Kier alpha value is -1.03. The monoisotopic (exact) mass is 144 g/mol. The molecule has 0 aromatic carbocycles. The topological polar surface area (TPSA) is 66.8 Å². The molecule has 0 radical (unpaired) electrons. The third-order valence-electron chi connectivity index (χ3n) is 1.22. The van der Waals surface area contributed by atoms with E-state index in [1.54, 1.807) is 0 Å². The van der Waals surface area contributed by atoms with Crippen molar-refractivity contribution in [1.82, 2.24) is 0 Å². The molecule has 0 saturated carbocycles. The van der Waals surface area contributed by atoms with Crippen LogP contribution in [0.4, 0.5) is 0 Å². The standard InChI is InChI=1S/C6H8O4/c7-2-1-4-3-5(8)6(9)10-4/h3-4,7-8H,1-2H2. The average Bonchev–Trinajstić information content (AvgIpc) is 2.14. The largest absolute Gasteiger partial charge is 0.502 e. The number of carbonyl (C=O) groups excluding carboxylic acids is 1. The number of aliphatic hydroxyl groups excluding tert-OH is 2. The first-order valence-electron chi connectivity index (χ1n) is 2.96. The van der Waals surface area contributed by atoms with Crippen molar-refractivity contribution in [2.24, 2.45) is 0 Å². The van der Waals surface area contributed by atoms with Crippen LogP contribution in [-0.2, 0) is 9.53 Å². The molecule has 1 atom stereocenters. The number of rotatable bonds is 2. The van der Waals surface area contributed by atoms with E-state index in [0.29, 0.717) is 6.42 Å². The summed E-state index contributed by atoms with van der Waals surface area (Å²) in [6.45, 7) is -0.0538. The molecule has 1 aliphatic heterocycles. The lowest BCUT2D eigenvalue weighted by Crippen LogP contribution is -2.09. The molecular weight excluding hydrogens is 136 g/mol. The van der Waals surface area contributed by atoms with Crippen LogP contribution in [0.25, 0.3) is 0 Å². The van der Waals surface area contributed by atoms with Gasteiger partial charge in [0, 0.05) is 19.1 Å². The molecule has 0 aromatic rings. The predicted molar refractivity (Wildman–Crippen MR) is 32.3 cm³/mol. The fourth-order valence-corrected chi connectivity index (χ4v) is 0.745. The van der Waals surface area contributed by atoms with Crippen molar-refractivity contribution in [3.05, 3.63) is 11.8 Å². The van der Waals surface area contributed by atoms with Gasteiger partial charge >= 0.3 is 5.97 Å². The highest BCUT2D eigenvalue weighted by molar-refractivity contribution is 5.88. The Kier molecular flexibility index (Phi) is 1.91. The van der Waals surface area contributed by atoms with Gasteiger partial charge in [0.05, 0.1) is 0 Å². The molecule has 4 nitrogen and oxygen atoms in total. The van der Waals surface area contributed by atoms with E-state index >= 15 is 0 Å². The van der Waals surface area contributed by atoms with Gasteiger partial charge in [-0.25, -0.2) is 4.79 Å². The van der Waals surface area contributed by atoms with Crippen LogP contribution < -0.4 is 0 Å². The number of esters is 1. The minimum Gasteiger partial charge on any atom is -0.502 e. The molecule has 0 bridgehead atoms. The minimum atomic E-state index is -0.710. The molecule has 4 heteroatoms. The summed E-state index contributed by atoms with van der Waals surface area (Å²) >= 11 is 0. The van der Waals surface area contributed by atoms with Crippen LogP contribution in [-0.4, -0.2) is 28.9 Å². The molecule has 2 N–H and O–H groups in total. The van der Waals surface area contributed by atoms with Gasteiger partial charge < -0.3 is 14.9 Å². The molecule has 0 fully saturated rings. The van der Waals surface area contributed by atoms with Gasteiger partial charge in [-0.15, -0.1) is 0 Å². The maximum Gasteiger partial charge on any atom is 0.373 e. The molecule has 0 aliphatic carbocycles. The van der Waals surface area contributed by atoms with Crippen molar-refractivity contribution in [3.63, 3.8) is 0 Å². The van der Waals surface area contributed by atoms with Crippen molar-refractivity contribution in [1.29, 1.82) is 0 Å². The van der Waals surface area contributed by atoms with E-state index in [2.05, 4.69) is 4.74 Å². The van der Waals surface area contributed by atoms with E-state index in [-0.39, 0.29) is 12.4 Å². The van der Waals surface area contributed by atoms with Crippen LogP contribution in [0.15, 0.2) is 11.8 Å². The fraction of sp³-hybridized carbons (Fsp3) is 0.500. The smallest absolute Gasteiger partial charge is 0.373 e. The lowest BCUT2D eigenvalue weighted by molar-refractivity contribution is -0.142. The van der Waals surface area contributed by atoms with Gasteiger partial charge in [-0.1, -0.05) is 0 Å². The number of ether oxygens (including phenoxy) is 1. The van der Waals surface area contributed by atoms with E-state index < -0.39 is 12.1 Å². The molecule has 0 amide bonds. The van der Waals surface area contributed by atoms with Gasteiger partial charge in [-0.2, -0.15) is 0 Å².